The second-order valence-corrected chi connectivity index (χ2v) is 3.23. The van der Waals surface area contributed by atoms with Gasteiger partial charge in [-0.2, -0.15) is 0 Å². The van der Waals surface area contributed by atoms with Crippen LogP contribution in [-0.4, -0.2) is 0 Å². The van der Waals surface area contributed by atoms with Gasteiger partial charge in [0.05, 0.1) is 0 Å². The van der Waals surface area contributed by atoms with Gasteiger partial charge < -0.3 is 5.73 Å². The summed E-state index contributed by atoms with van der Waals surface area (Å²) in [6, 6.07) is 10.8. The van der Waals surface area contributed by atoms with Crippen LogP contribution in [0.2, 0.25) is 0 Å². The fraction of sp³-hybridized carbons (Fsp3) is 0. The Labute approximate surface area is 86.2 Å². The average molecular weight is 205 g/mol. The summed E-state index contributed by atoms with van der Waals surface area (Å²) in [6.07, 6.45) is 0. The summed E-state index contributed by atoms with van der Waals surface area (Å²) in [5.41, 5.74) is 6.89. The molecule has 0 aromatic heterocycles. The maximum Gasteiger partial charge on any atom is 0.166 e. The molecule has 0 aliphatic heterocycles. The van der Waals surface area contributed by atoms with Crippen LogP contribution in [0.5, 0.6) is 0 Å². The molecule has 0 saturated heterocycles. The fourth-order valence-corrected chi connectivity index (χ4v) is 1.43. The lowest BCUT2D eigenvalue weighted by atomic mass is 10.0. The van der Waals surface area contributed by atoms with Crippen LogP contribution < -0.4 is 5.73 Å². The fourth-order valence-electron chi connectivity index (χ4n) is 1.43. The average Bonchev–Trinajstić information content (AvgIpc) is 2.22. The van der Waals surface area contributed by atoms with Gasteiger partial charge in [0.25, 0.3) is 0 Å². The molecule has 1 nitrogen and oxygen atoms in total. The predicted molar refractivity (Wildman–Crippen MR) is 56.2 cm³/mol. The minimum atomic E-state index is -0.852. The highest BCUT2D eigenvalue weighted by atomic mass is 19.2. The monoisotopic (exact) mass is 205 g/mol. The van der Waals surface area contributed by atoms with Crippen LogP contribution >= 0.6 is 0 Å². The minimum Gasteiger partial charge on any atom is -0.399 e. The van der Waals surface area contributed by atoms with Crippen LogP contribution in [0.15, 0.2) is 42.5 Å². The molecule has 0 radical (unpaired) electrons. The van der Waals surface area contributed by atoms with Crippen molar-refractivity contribution >= 4 is 5.69 Å². The van der Waals surface area contributed by atoms with Crippen molar-refractivity contribution in [1.82, 2.24) is 0 Å². The molecule has 2 aromatic carbocycles. The van der Waals surface area contributed by atoms with Crippen molar-refractivity contribution in [3.05, 3.63) is 54.1 Å². The van der Waals surface area contributed by atoms with Gasteiger partial charge in [0.15, 0.2) is 11.6 Å². The molecular formula is C12H9F2N. The van der Waals surface area contributed by atoms with E-state index in [1.54, 1.807) is 24.3 Å². The van der Waals surface area contributed by atoms with Gasteiger partial charge in [-0.3, -0.25) is 0 Å². The quantitative estimate of drug-likeness (QED) is 0.711. The van der Waals surface area contributed by atoms with E-state index in [1.807, 2.05) is 0 Å². The molecule has 2 aromatic rings. The Morgan fingerprint density at radius 3 is 2.40 bits per heavy atom. The number of hydrogen-bond acceptors (Lipinski definition) is 1. The molecule has 0 heterocycles. The van der Waals surface area contributed by atoms with E-state index in [9.17, 15) is 8.78 Å². The molecule has 0 fully saturated rings. The number of hydrogen-bond donors (Lipinski definition) is 1. The van der Waals surface area contributed by atoms with Gasteiger partial charge in [-0.05, 0) is 23.8 Å². The Morgan fingerprint density at radius 2 is 1.67 bits per heavy atom. The summed E-state index contributed by atoms with van der Waals surface area (Å²) < 4.78 is 26.4. The van der Waals surface area contributed by atoms with Crippen LogP contribution in [0.3, 0.4) is 0 Å². The Kier molecular flexibility index (Phi) is 2.37. The summed E-state index contributed by atoms with van der Waals surface area (Å²) in [4.78, 5) is 0. The van der Waals surface area contributed by atoms with E-state index in [-0.39, 0.29) is 5.56 Å². The lowest BCUT2D eigenvalue weighted by molar-refractivity contribution is 0.511. The molecule has 0 spiro atoms. The molecule has 0 aliphatic carbocycles. The van der Waals surface area contributed by atoms with Crippen LogP contribution in [0.4, 0.5) is 14.5 Å². The Balaban J connectivity index is 2.59. The zero-order valence-corrected chi connectivity index (χ0v) is 7.87. The first kappa shape index (κ1) is 9.65. The molecule has 15 heavy (non-hydrogen) atoms. The second-order valence-electron chi connectivity index (χ2n) is 3.23. The van der Waals surface area contributed by atoms with E-state index < -0.39 is 11.6 Å². The largest absolute Gasteiger partial charge is 0.399 e. The van der Waals surface area contributed by atoms with Gasteiger partial charge in [-0.15, -0.1) is 0 Å². The van der Waals surface area contributed by atoms with Gasteiger partial charge in [0.2, 0.25) is 0 Å². The first-order valence-electron chi connectivity index (χ1n) is 4.48. The predicted octanol–water partition coefficient (Wildman–Crippen LogP) is 3.21. The lowest BCUT2D eigenvalue weighted by Crippen LogP contribution is -1.90. The number of nitrogen functional groups attached to an aromatic ring is 1. The van der Waals surface area contributed by atoms with Crippen molar-refractivity contribution in [3.8, 4) is 11.1 Å². The van der Waals surface area contributed by atoms with Gasteiger partial charge in [-0.25, -0.2) is 8.78 Å². The van der Waals surface area contributed by atoms with Gasteiger partial charge >= 0.3 is 0 Å². The standard InChI is InChI=1S/C12H9F2N/c13-11-6-2-5-10(12(11)14)8-3-1-4-9(15)7-8/h1-7H,15H2. The van der Waals surface area contributed by atoms with Crippen molar-refractivity contribution in [1.29, 1.82) is 0 Å². The molecule has 3 heteroatoms. The van der Waals surface area contributed by atoms with E-state index in [2.05, 4.69) is 0 Å². The van der Waals surface area contributed by atoms with Gasteiger partial charge in [-0.1, -0.05) is 24.3 Å². The first-order chi connectivity index (χ1) is 7.18. The third kappa shape index (κ3) is 1.81. The smallest absolute Gasteiger partial charge is 0.166 e. The lowest BCUT2D eigenvalue weighted by Gasteiger charge is -2.04. The maximum atomic E-state index is 13.4. The summed E-state index contributed by atoms with van der Waals surface area (Å²) >= 11 is 0. The van der Waals surface area contributed by atoms with Crippen LogP contribution in [-0.2, 0) is 0 Å². The van der Waals surface area contributed by atoms with E-state index in [4.69, 9.17) is 5.73 Å². The van der Waals surface area contributed by atoms with Crippen LogP contribution in [0.1, 0.15) is 0 Å². The highest BCUT2D eigenvalue weighted by Gasteiger charge is 2.09. The molecule has 2 N–H and O–H groups in total. The highest BCUT2D eigenvalue weighted by molar-refractivity contribution is 5.67. The van der Waals surface area contributed by atoms with Crippen LogP contribution in [0.25, 0.3) is 11.1 Å². The first-order valence-corrected chi connectivity index (χ1v) is 4.48. The Bertz CT molecular complexity index is 495. The number of nitrogens with two attached hydrogens (primary N) is 1. The SMILES string of the molecule is Nc1cccc(-c2cccc(F)c2F)c1. The topological polar surface area (TPSA) is 26.0 Å². The summed E-state index contributed by atoms with van der Waals surface area (Å²) in [6.45, 7) is 0. The second kappa shape index (κ2) is 3.69. The molecule has 0 unspecified atom stereocenters. The maximum absolute atomic E-state index is 13.4. The van der Waals surface area contributed by atoms with E-state index >= 15 is 0 Å². The zero-order chi connectivity index (χ0) is 10.8. The van der Waals surface area contributed by atoms with Gasteiger partial charge in [0.1, 0.15) is 0 Å². The molecule has 0 aliphatic rings. The number of halogens is 2. The van der Waals surface area contributed by atoms with Crippen LogP contribution in [0, 0.1) is 11.6 Å². The molecule has 76 valence electrons. The normalized spacial score (nSPS) is 10.3. The van der Waals surface area contributed by atoms with Crippen molar-refractivity contribution in [2.24, 2.45) is 0 Å². The molecule has 0 amide bonds. The number of benzene rings is 2. The van der Waals surface area contributed by atoms with Crippen molar-refractivity contribution < 1.29 is 8.78 Å². The van der Waals surface area contributed by atoms with Crippen molar-refractivity contribution in [3.63, 3.8) is 0 Å². The van der Waals surface area contributed by atoms with E-state index in [0.29, 0.717) is 11.3 Å². The highest BCUT2D eigenvalue weighted by Crippen LogP contribution is 2.25. The molecule has 0 atom stereocenters. The number of anilines is 1. The Morgan fingerprint density at radius 1 is 0.933 bits per heavy atom. The summed E-state index contributed by atoms with van der Waals surface area (Å²) in [7, 11) is 0. The third-order valence-electron chi connectivity index (χ3n) is 2.15. The van der Waals surface area contributed by atoms with Crippen molar-refractivity contribution in [2.75, 3.05) is 5.73 Å². The molecule has 2 rings (SSSR count). The number of rotatable bonds is 1. The molecule has 0 bridgehead atoms. The van der Waals surface area contributed by atoms with E-state index in [1.165, 1.54) is 12.1 Å². The summed E-state index contributed by atoms with van der Waals surface area (Å²) in [5.74, 6) is -1.70. The molecule has 0 saturated carbocycles. The minimum absolute atomic E-state index is 0.224. The molecular weight excluding hydrogens is 196 g/mol. The zero-order valence-electron chi connectivity index (χ0n) is 7.87. The van der Waals surface area contributed by atoms with Gasteiger partial charge in [0, 0.05) is 11.3 Å². The van der Waals surface area contributed by atoms with E-state index in [0.717, 1.165) is 6.07 Å². The summed E-state index contributed by atoms with van der Waals surface area (Å²) in [5, 5.41) is 0. The Hall–Kier alpha value is -1.90. The third-order valence-corrected chi connectivity index (χ3v) is 2.15. The van der Waals surface area contributed by atoms with Crippen molar-refractivity contribution in [2.45, 2.75) is 0 Å².